The molecule has 1 nitrogen and oxygen atoms in total. The molecule has 0 aliphatic carbocycles. The van der Waals surface area contributed by atoms with Crippen molar-refractivity contribution >= 4 is 28.9 Å². The van der Waals surface area contributed by atoms with E-state index >= 15 is 4.39 Å². The van der Waals surface area contributed by atoms with E-state index in [1.165, 1.54) is 5.56 Å². The van der Waals surface area contributed by atoms with Crippen LogP contribution in [0.4, 0.5) is 10.1 Å². The lowest BCUT2D eigenvalue weighted by Gasteiger charge is -2.26. The summed E-state index contributed by atoms with van der Waals surface area (Å²) in [7, 11) is -2.35. The Morgan fingerprint density at radius 3 is 1.61 bits per heavy atom. The molecule has 152 valence electrons. The third-order valence-electron chi connectivity index (χ3n) is 5.94. The number of hydrogen-bond donors (Lipinski definition) is 0. The Hall–Kier alpha value is -3.22. The molecule has 0 bridgehead atoms. The fraction of sp³-hybridized carbons (Fsp3) is 0.0714. The van der Waals surface area contributed by atoms with Crippen molar-refractivity contribution in [2.75, 3.05) is 11.4 Å². The zero-order chi connectivity index (χ0) is 21.1. The summed E-state index contributed by atoms with van der Waals surface area (Å²) in [5.74, 6) is 1.74. The average molecular weight is 424 g/mol. The zero-order valence-electron chi connectivity index (χ0n) is 17.2. The molecule has 31 heavy (non-hydrogen) atoms. The topological polar surface area (TPSA) is 3.24 Å². The van der Waals surface area contributed by atoms with Gasteiger partial charge in [0.05, 0.1) is 0 Å². The lowest BCUT2D eigenvalue weighted by Crippen LogP contribution is -2.31. The lowest BCUT2D eigenvalue weighted by atomic mass is 10.2. The first-order chi connectivity index (χ1) is 15.3. The van der Waals surface area contributed by atoms with Gasteiger partial charge in [-0.3, -0.25) is 0 Å². The maximum Gasteiger partial charge on any atom is 0.230 e. The summed E-state index contributed by atoms with van der Waals surface area (Å²) in [6.45, 7) is 0.667. The first kappa shape index (κ1) is 19.7. The van der Waals surface area contributed by atoms with Gasteiger partial charge in [-0.15, -0.1) is 0 Å². The fourth-order valence-corrected chi connectivity index (χ4v) is 8.18. The van der Waals surface area contributed by atoms with Gasteiger partial charge in [0.15, 0.2) is 0 Å². The summed E-state index contributed by atoms with van der Waals surface area (Å²) < 4.78 is 16.2. The standard InChI is InChI=1S/C28H24FNP/c29-28(30-21-20-23-12-10-11-19-27(23)30)22-31(24-13-4-1-5-14-24,25-15-6-2-7-16-25)26-17-8-3-9-18-26/h1-19,22H,20-21H2/q+1/b28-22+. The highest BCUT2D eigenvalue weighted by Gasteiger charge is 2.45. The van der Waals surface area contributed by atoms with Gasteiger partial charge in [0, 0.05) is 12.2 Å². The van der Waals surface area contributed by atoms with E-state index in [0.717, 1.165) is 28.0 Å². The van der Waals surface area contributed by atoms with Crippen molar-refractivity contribution in [2.24, 2.45) is 0 Å². The second-order valence-electron chi connectivity index (χ2n) is 7.71. The minimum absolute atomic E-state index is 0.171. The minimum Gasteiger partial charge on any atom is -0.315 e. The number of fused-ring (bicyclic) bond motifs is 1. The van der Waals surface area contributed by atoms with Crippen LogP contribution in [-0.4, -0.2) is 6.54 Å². The van der Waals surface area contributed by atoms with Crippen molar-refractivity contribution in [3.63, 3.8) is 0 Å². The second-order valence-corrected chi connectivity index (χ2v) is 11.0. The highest BCUT2D eigenvalue weighted by atomic mass is 31.2. The second kappa shape index (κ2) is 8.49. The highest BCUT2D eigenvalue weighted by molar-refractivity contribution is 7.98. The number of para-hydroxylation sites is 1. The van der Waals surface area contributed by atoms with Gasteiger partial charge in [0.2, 0.25) is 5.95 Å². The molecule has 0 radical (unpaired) electrons. The molecule has 0 atom stereocenters. The summed E-state index contributed by atoms with van der Waals surface area (Å²) in [6, 6.07) is 39.3. The predicted molar refractivity (Wildman–Crippen MR) is 132 cm³/mol. The summed E-state index contributed by atoms with van der Waals surface area (Å²) in [5, 5.41) is 3.44. The Kier molecular flexibility index (Phi) is 5.40. The van der Waals surface area contributed by atoms with Crippen molar-refractivity contribution in [2.45, 2.75) is 6.42 Å². The third-order valence-corrected chi connectivity index (χ3v) is 9.87. The Morgan fingerprint density at radius 1 is 0.645 bits per heavy atom. The molecule has 1 aliphatic rings. The molecule has 0 saturated carbocycles. The Morgan fingerprint density at radius 2 is 1.10 bits per heavy atom. The van der Waals surface area contributed by atoms with E-state index in [2.05, 4.69) is 42.5 Å². The van der Waals surface area contributed by atoms with Crippen LogP contribution in [0.3, 0.4) is 0 Å². The predicted octanol–water partition coefficient (Wildman–Crippen LogP) is 5.81. The average Bonchev–Trinajstić information content (AvgIpc) is 3.29. The summed E-state index contributed by atoms with van der Waals surface area (Å²) in [5.41, 5.74) is 2.18. The fourth-order valence-electron chi connectivity index (χ4n) is 4.45. The monoisotopic (exact) mass is 424 g/mol. The van der Waals surface area contributed by atoms with E-state index in [-0.39, 0.29) is 5.95 Å². The van der Waals surface area contributed by atoms with E-state index < -0.39 is 7.26 Å². The molecule has 5 rings (SSSR count). The van der Waals surface area contributed by atoms with Gasteiger partial charge in [-0.1, -0.05) is 72.8 Å². The molecule has 0 amide bonds. The molecular weight excluding hydrogens is 400 g/mol. The van der Waals surface area contributed by atoms with Crippen LogP contribution >= 0.6 is 7.26 Å². The normalized spacial score (nSPS) is 13.8. The van der Waals surface area contributed by atoms with Crippen molar-refractivity contribution in [3.05, 3.63) is 133 Å². The van der Waals surface area contributed by atoms with Gasteiger partial charge in [-0.2, -0.15) is 4.39 Å². The van der Waals surface area contributed by atoms with E-state index in [1.54, 1.807) is 0 Å². The van der Waals surface area contributed by atoms with Gasteiger partial charge < -0.3 is 4.90 Å². The van der Waals surface area contributed by atoms with Crippen LogP contribution in [0.15, 0.2) is 127 Å². The van der Waals surface area contributed by atoms with E-state index in [9.17, 15) is 0 Å². The molecule has 0 fully saturated rings. The third kappa shape index (κ3) is 3.58. The summed E-state index contributed by atoms with van der Waals surface area (Å²) in [6.07, 6.45) is 0.866. The number of halogens is 1. The van der Waals surface area contributed by atoms with Gasteiger partial charge >= 0.3 is 0 Å². The number of hydrogen-bond acceptors (Lipinski definition) is 1. The largest absolute Gasteiger partial charge is 0.315 e. The molecule has 1 heterocycles. The molecule has 0 spiro atoms. The molecular formula is C28H24FNP+. The SMILES string of the molecule is F/C(=C\[P+](c1ccccc1)(c1ccccc1)c1ccccc1)N1CCc2ccccc21. The molecule has 4 aromatic rings. The number of nitrogens with zero attached hydrogens (tertiary/aromatic N) is 1. The summed E-state index contributed by atoms with van der Waals surface area (Å²) in [4.78, 5) is 1.83. The molecule has 0 saturated heterocycles. The maximum atomic E-state index is 16.2. The van der Waals surface area contributed by atoms with Gasteiger partial charge in [0.1, 0.15) is 29.0 Å². The van der Waals surface area contributed by atoms with Crippen molar-refractivity contribution in [1.82, 2.24) is 0 Å². The maximum absolute atomic E-state index is 16.2. The van der Waals surface area contributed by atoms with Gasteiger partial charge in [-0.05, 0) is 54.4 Å². The quantitative estimate of drug-likeness (QED) is 0.289. The number of benzene rings is 4. The molecule has 0 N–H and O–H groups in total. The molecule has 0 aromatic heterocycles. The Labute approximate surface area is 183 Å². The van der Waals surface area contributed by atoms with Crippen molar-refractivity contribution in [1.29, 1.82) is 0 Å². The summed E-state index contributed by atoms with van der Waals surface area (Å²) >= 11 is 0. The Bertz CT molecular complexity index is 1090. The number of anilines is 1. The molecule has 1 aliphatic heterocycles. The van der Waals surface area contributed by atoms with E-state index in [1.807, 2.05) is 83.5 Å². The van der Waals surface area contributed by atoms with Crippen molar-refractivity contribution < 1.29 is 4.39 Å². The van der Waals surface area contributed by atoms with Gasteiger partial charge in [-0.25, -0.2) is 0 Å². The van der Waals surface area contributed by atoms with Crippen LogP contribution in [-0.2, 0) is 6.42 Å². The van der Waals surface area contributed by atoms with E-state index in [0.29, 0.717) is 6.54 Å². The smallest absolute Gasteiger partial charge is 0.230 e. The minimum atomic E-state index is -2.35. The van der Waals surface area contributed by atoms with E-state index in [4.69, 9.17) is 0 Å². The van der Waals surface area contributed by atoms with Crippen molar-refractivity contribution in [3.8, 4) is 0 Å². The molecule has 0 unspecified atom stereocenters. The van der Waals surface area contributed by atoms with Crippen LogP contribution in [0.25, 0.3) is 0 Å². The first-order valence-corrected chi connectivity index (χ1v) is 12.4. The molecule has 3 heteroatoms. The van der Waals surface area contributed by atoms with Gasteiger partial charge in [0.25, 0.3) is 0 Å². The Balaban J connectivity index is 1.76. The molecule has 4 aromatic carbocycles. The van der Waals surface area contributed by atoms with Crippen LogP contribution in [0.2, 0.25) is 0 Å². The first-order valence-electron chi connectivity index (χ1n) is 10.6. The van der Waals surface area contributed by atoms with Crippen LogP contribution < -0.4 is 20.8 Å². The van der Waals surface area contributed by atoms with Crippen LogP contribution in [0.1, 0.15) is 5.56 Å². The van der Waals surface area contributed by atoms with Crippen LogP contribution in [0.5, 0.6) is 0 Å². The number of rotatable bonds is 5. The lowest BCUT2D eigenvalue weighted by molar-refractivity contribution is 0.598. The zero-order valence-corrected chi connectivity index (χ0v) is 18.1. The van der Waals surface area contributed by atoms with Crippen LogP contribution in [0, 0.1) is 0 Å². The highest BCUT2D eigenvalue weighted by Crippen LogP contribution is 2.58.